The molecule has 0 saturated heterocycles. The third kappa shape index (κ3) is 26.7. The van der Waals surface area contributed by atoms with Crippen LogP contribution in [0.3, 0.4) is 0 Å². The summed E-state index contributed by atoms with van der Waals surface area (Å²) >= 11 is 2.28. The Balaban J connectivity index is 2.34. The van der Waals surface area contributed by atoms with Crippen molar-refractivity contribution in [2.75, 3.05) is 24.3 Å². The van der Waals surface area contributed by atoms with Gasteiger partial charge in [0.2, 0.25) is 41.4 Å². The number of thioether (sulfide) groups is 2. The number of aliphatic carboxylic acids is 1. The lowest BCUT2D eigenvalue weighted by atomic mass is 10.0. The Morgan fingerprint density at radius 1 is 0.671 bits per heavy atom. The maximum absolute atomic E-state index is 14.4. The van der Waals surface area contributed by atoms with Crippen molar-refractivity contribution in [3.8, 4) is 0 Å². The predicted octanol–water partition coefficient (Wildman–Crippen LogP) is 0.0611. The summed E-state index contributed by atoms with van der Waals surface area (Å²) in [5.41, 5.74) is 18.2. The molecule has 10 atom stereocenters. The summed E-state index contributed by atoms with van der Waals surface area (Å²) in [5, 5.41) is 48.8. The lowest BCUT2D eigenvalue weighted by molar-refractivity contribution is -0.142. The van der Waals surface area contributed by atoms with Crippen LogP contribution in [0.4, 0.5) is 3.89 Å². The smallest absolute Gasteiger partial charge is 0.332 e. The van der Waals surface area contributed by atoms with Gasteiger partial charge in [-0.25, -0.2) is 4.79 Å². The predicted molar refractivity (Wildman–Crippen MR) is 310 cm³/mol. The highest BCUT2D eigenvalue weighted by molar-refractivity contribution is 7.99. The molecule has 25 nitrogen and oxygen atoms in total. The number of benzene rings is 2. The summed E-state index contributed by atoms with van der Waals surface area (Å²) in [5.74, 6) is -8.07. The topological polar surface area (TPSA) is 426 Å². The van der Waals surface area contributed by atoms with E-state index in [-0.39, 0.29) is 86.4 Å². The lowest BCUT2D eigenvalue weighted by Crippen LogP contribution is -2.62. The number of aliphatic hydroxyl groups is 1. The number of unbranched alkanes of at least 4 members (excludes halogenated alkanes) is 1. The van der Waals surface area contributed by atoms with Crippen molar-refractivity contribution in [3.05, 3.63) is 60.2 Å². The number of carboxylic acids is 1. The van der Waals surface area contributed by atoms with Crippen LogP contribution in [0.1, 0.15) is 98.5 Å². The Bertz CT molecular complexity index is 2590. The first kappa shape index (κ1) is 71.7. The number of guanidine groups is 1. The van der Waals surface area contributed by atoms with Crippen LogP contribution in [0.2, 0.25) is 0 Å². The number of hydrogen-bond donors (Lipinski definition) is 14. The van der Waals surface area contributed by atoms with Crippen LogP contribution >= 0.6 is 23.5 Å². The molecule has 0 fully saturated rings. The highest BCUT2D eigenvalue weighted by Gasteiger charge is 2.35. The van der Waals surface area contributed by atoms with E-state index in [1.165, 1.54) is 30.8 Å². The standard InChI is InChI=1S/C53H83FN12O13S3/c1-29(2)25-40(52(76)77)64-48(72)39(26-33-15-9-8-10-16-33)63-49(73)41(28-81-34-17-13-18-35(27-34)82(54,78)79)65-51(75)44(32(6)67)66-47(71)37(20-14-23-59-53(57)58)61-45(69)36(55)19-11-12-21-42(68)31(5)60-46(70)38(22-24-80-7)62-50(74)43(56)30(3)4/h8-10,13,15-18,27,29-32,36-41,43-44,67H,11-12,14,19-26,28,55-56H2,1-7H3,(H,60,70)(H,61,69)(H,62,74)(H,63,73)(H,64,72)(H,65,75)(H,66,71)(H,76,77)(H4,57,58,59)/t31-,32+,36-,37-,38-,39-,40-,41-,43-,44-/m0/s1. The molecule has 0 aliphatic rings. The third-order valence-corrected chi connectivity index (χ3v) is 15.2. The van der Waals surface area contributed by atoms with Crippen LogP contribution in [-0.2, 0) is 59.8 Å². The number of carbonyl (C=O) groups excluding carboxylic acids is 8. The van der Waals surface area contributed by atoms with Crippen molar-refractivity contribution in [2.45, 2.75) is 170 Å². The number of hydrogen-bond acceptors (Lipinski definition) is 17. The number of ketones is 1. The third-order valence-electron chi connectivity index (χ3n) is 12.7. The molecule has 0 heterocycles. The first-order valence-electron chi connectivity index (χ1n) is 26.8. The fraction of sp³-hybridized carbons (Fsp3) is 0.585. The number of nitrogens with two attached hydrogens (primary N) is 3. The summed E-state index contributed by atoms with van der Waals surface area (Å²) in [7, 11) is -5.17. The van der Waals surface area contributed by atoms with E-state index in [1.807, 2.05) is 6.26 Å². The van der Waals surface area contributed by atoms with E-state index in [2.05, 4.69) is 42.5 Å². The van der Waals surface area contributed by atoms with Crippen molar-refractivity contribution >= 4 is 92.8 Å². The SMILES string of the molecule is CSCC[C@H](NC(=O)[C@@H](N)C(C)C)C(=O)N[C@@H](C)C(=O)CCCC[C@H](N)C(=O)N[C@@H](CCCNC(=N)N)C(=O)N[C@H](C(=O)N[C@@H](CSc1cccc(S(=O)(=O)F)c1)C(=O)N[C@@H](Cc1ccccc1)C(=O)N[C@@H](CC(C)C)C(=O)O)[C@@H](C)O. The second-order valence-corrected chi connectivity index (χ2v) is 23.9. The van der Waals surface area contributed by atoms with Gasteiger partial charge in [-0.3, -0.25) is 43.8 Å². The molecule has 0 bridgehead atoms. The molecule has 82 heavy (non-hydrogen) atoms. The second-order valence-electron chi connectivity index (χ2n) is 20.5. The van der Waals surface area contributed by atoms with E-state index in [0.717, 1.165) is 30.8 Å². The molecule has 0 saturated carbocycles. The van der Waals surface area contributed by atoms with Crippen LogP contribution in [0, 0.1) is 17.2 Å². The van der Waals surface area contributed by atoms with Gasteiger partial charge in [0.25, 0.3) is 0 Å². The molecule has 0 aliphatic heterocycles. The molecule has 7 amide bonds. The van der Waals surface area contributed by atoms with Gasteiger partial charge >= 0.3 is 16.2 Å². The maximum Gasteiger partial charge on any atom is 0.332 e. The minimum atomic E-state index is -5.17. The van der Waals surface area contributed by atoms with Gasteiger partial charge in [-0.1, -0.05) is 70.5 Å². The van der Waals surface area contributed by atoms with Gasteiger partial charge in [0.1, 0.15) is 36.3 Å². The number of amides is 7. The van der Waals surface area contributed by atoms with E-state index < -0.39 is 129 Å². The van der Waals surface area contributed by atoms with Crippen LogP contribution in [0.5, 0.6) is 0 Å². The molecule has 458 valence electrons. The van der Waals surface area contributed by atoms with Gasteiger partial charge < -0.3 is 69.9 Å². The summed E-state index contributed by atoms with van der Waals surface area (Å²) in [4.78, 5) is 121. The summed E-state index contributed by atoms with van der Waals surface area (Å²) in [6, 6.07) is 1.45. The normalized spacial score (nSPS) is 15.1. The maximum atomic E-state index is 14.4. The van der Waals surface area contributed by atoms with Crippen LogP contribution in [-0.4, -0.2) is 162 Å². The Labute approximate surface area is 487 Å². The lowest BCUT2D eigenvalue weighted by Gasteiger charge is -2.28. The Kier molecular flexibility index (Phi) is 31.7. The minimum Gasteiger partial charge on any atom is -0.480 e. The molecule has 0 unspecified atom stereocenters. The first-order chi connectivity index (χ1) is 38.4. The minimum absolute atomic E-state index is 0.0000609. The number of carboxylic acid groups (broad SMARTS) is 1. The van der Waals surface area contributed by atoms with E-state index >= 15 is 0 Å². The number of rotatable bonds is 38. The Hall–Kier alpha value is -6.40. The Morgan fingerprint density at radius 2 is 1.24 bits per heavy atom. The molecule has 0 aromatic heterocycles. The van der Waals surface area contributed by atoms with Crippen molar-refractivity contribution < 1.29 is 65.7 Å². The summed E-state index contributed by atoms with van der Waals surface area (Å²) < 4.78 is 37.5. The largest absolute Gasteiger partial charge is 0.480 e. The number of Topliss-reactive ketones (excluding diaryl/α,β-unsaturated/α-hetero) is 1. The second kappa shape index (κ2) is 36.2. The molecule has 2 rings (SSSR count). The van der Waals surface area contributed by atoms with Gasteiger partial charge in [0, 0.05) is 30.0 Å². The molecule has 0 radical (unpaired) electrons. The van der Waals surface area contributed by atoms with E-state index in [9.17, 15) is 65.7 Å². The van der Waals surface area contributed by atoms with E-state index in [4.69, 9.17) is 22.6 Å². The van der Waals surface area contributed by atoms with Crippen LogP contribution < -0.4 is 59.7 Å². The summed E-state index contributed by atoms with van der Waals surface area (Å²) in [6.07, 6.45) is 0.933. The molecule has 17 N–H and O–H groups in total. The van der Waals surface area contributed by atoms with Crippen molar-refractivity contribution in [1.29, 1.82) is 5.41 Å². The number of halogens is 1. The highest BCUT2D eigenvalue weighted by atomic mass is 32.3. The zero-order chi connectivity index (χ0) is 61.9. The first-order valence-corrected chi connectivity index (χ1v) is 30.6. The fourth-order valence-electron chi connectivity index (χ4n) is 7.85. The van der Waals surface area contributed by atoms with Gasteiger partial charge in [-0.05, 0) is 100.0 Å². The molecular formula is C53H83FN12O13S3. The van der Waals surface area contributed by atoms with Gasteiger partial charge in [-0.2, -0.15) is 20.2 Å². The van der Waals surface area contributed by atoms with Gasteiger partial charge in [-0.15, -0.1) is 15.6 Å². The van der Waals surface area contributed by atoms with Gasteiger partial charge in [0.15, 0.2) is 11.7 Å². The monoisotopic (exact) mass is 1210 g/mol. The molecule has 2 aromatic rings. The molecule has 0 spiro atoms. The van der Waals surface area contributed by atoms with Gasteiger partial charge in [0.05, 0.1) is 29.1 Å². The van der Waals surface area contributed by atoms with Crippen LogP contribution in [0.25, 0.3) is 0 Å². The molecule has 0 aliphatic carbocycles. The van der Waals surface area contributed by atoms with E-state index in [0.29, 0.717) is 17.7 Å². The van der Waals surface area contributed by atoms with Crippen LogP contribution in [0.15, 0.2) is 64.4 Å². The average Bonchev–Trinajstić information content (AvgIpc) is 3.44. The quantitative estimate of drug-likeness (QED) is 0.0139. The van der Waals surface area contributed by atoms with E-state index in [1.54, 1.807) is 58.0 Å². The summed E-state index contributed by atoms with van der Waals surface area (Å²) in [6.45, 7) is 9.80. The fourth-order valence-corrected chi connectivity index (χ4v) is 9.89. The number of carbonyl (C=O) groups is 9. The van der Waals surface area contributed by atoms with Crippen molar-refractivity contribution in [3.63, 3.8) is 0 Å². The number of nitrogens with one attached hydrogen (secondary N) is 9. The van der Waals surface area contributed by atoms with Crippen molar-refractivity contribution in [2.24, 2.45) is 29.0 Å². The zero-order valence-electron chi connectivity index (χ0n) is 47.3. The highest BCUT2D eigenvalue weighted by Crippen LogP contribution is 2.24. The molecular weight excluding hydrogens is 1130 g/mol. The number of aliphatic hydroxyl groups excluding tert-OH is 1. The average molecular weight is 1210 g/mol. The zero-order valence-corrected chi connectivity index (χ0v) is 49.8. The molecule has 2 aromatic carbocycles. The Morgan fingerprint density at radius 3 is 1.83 bits per heavy atom. The molecule has 29 heteroatoms. The van der Waals surface area contributed by atoms with Crippen molar-refractivity contribution in [1.82, 2.24) is 42.5 Å².